The maximum Gasteiger partial charge on any atom is 0.170 e. The number of ether oxygens (including phenoxy) is 1. The van der Waals surface area contributed by atoms with Gasteiger partial charge in [-0.25, -0.2) is 0 Å². The molecule has 1 saturated heterocycles. The fourth-order valence-electron chi connectivity index (χ4n) is 4.85. The van der Waals surface area contributed by atoms with Crippen molar-refractivity contribution in [2.24, 2.45) is 5.92 Å². The van der Waals surface area contributed by atoms with E-state index >= 15 is 0 Å². The van der Waals surface area contributed by atoms with Crippen LogP contribution in [0.5, 0.6) is 5.75 Å². The average Bonchev–Trinajstić information content (AvgIpc) is 3.37. The second kappa shape index (κ2) is 13.7. The molecule has 1 fully saturated rings. The van der Waals surface area contributed by atoms with Crippen LogP contribution >= 0.6 is 0 Å². The van der Waals surface area contributed by atoms with E-state index in [0.29, 0.717) is 12.2 Å². The number of hydrogen-bond donors (Lipinski definition) is 1. The minimum atomic E-state index is 0.445. The number of likely N-dealkylation sites (tertiary alicyclic amines) is 1. The third kappa shape index (κ3) is 7.18. The molecular formula is C31H37N5O2. The van der Waals surface area contributed by atoms with Crippen LogP contribution in [0.1, 0.15) is 47.3 Å². The maximum atomic E-state index is 8.94. The van der Waals surface area contributed by atoms with E-state index in [1.165, 1.54) is 12.8 Å². The number of aryl methyl sites for hydroxylation is 2. The number of fused-ring (bicyclic) bond motifs is 1. The molecule has 4 aromatic rings. The number of hydrogen-bond acceptors (Lipinski definition) is 7. The van der Waals surface area contributed by atoms with Crippen LogP contribution in [0, 0.1) is 24.2 Å². The van der Waals surface area contributed by atoms with E-state index in [1.54, 1.807) is 12.1 Å². The van der Waals surface area contributed by atoms with Gasteiger partial charge in [0.05, 0.1) is 23.0 Å². The van der Waals surface area contributed by atoms with E-state index in [0.717, 1.165) is 77.6 Å². The van der Waals surface area contributed by atoms with E-state index in [9.17, 15) is 0 Å². The van der Waals surface area contributed by atoms with Crippen LogP contribution < -0.4 is 10.1 Å². The van der Waals surface area contributed by atoms with E-state index in [-0.39, 0.29) is 0 Å². The van der Waals surface area contributed by atoms with Crippen molar-refractivity contribution in [2.45, 2.75) is 45.8 Å². The highest BCUT2D eigenvalue weighted by atomic mass is 16.5. The fourth-order valence-corrected chi connectivity index (χ4v) is 4.85. The summed E-state index contributed by atoms with van der Waals surface area (Å²) in [6.45, 7) is 5.70. The first-order valence-corrected chi connectivity index (χ1v) is 13.3. The van der Waals surface area contributed by atoms with Crippen molar-refractivity contribution < 1.29 is 9.26 Å². The molecule has 3 heterocycles. The van der Waals surface area contributed by atoms with Crippen LogP contribution in [-0.4, -0.2) is 42.2 Å². The molecule has 0 saturated carbocycles. The zero-order valence-corrected chi connectivity index (χ0v) is 22.6. The molecule has 0 bridgehead atoms. The van der Waals surface area contributed by atoms with Crippen molar-refractivity contribution in [1.29, 1.82) is 5.26 Å². The number of aromatic nitrogens is 2. The normalized spacial score (nSPS) is 14.1. The van der Waals surface area contributed by atoms with Crippen molar-refractivity contribution in [3.8, 4) is 11.8 Å². The number of piperidine rings is 1. The first kappa shape index (κ1) is 27.3. The lowest BCUT2D eigenvalue weighted by molar-refractivity contribution is 0.170. The van der Waals surface area contributed by atoms with Gasteiger partial charge in [0.2, 0.25) is 0 Å². The highest BCUT2D eigenvalue weighted by Crippen LogP contribution is 2.29. The van der Waals surface area contributed by atoms with Gasteiger partial charge >= 0.3 is 0 Å². The quantitative estimate of drug-likeness (QED) is 0.326. The molecule has 2 aromatic heterocycles. The molecule has 0 spiro atoms. The van der Waals surface area contributed by atoms with E-state index < -0.39 is 0 Å². The van der Waals surface area contributed by atoms with Crippen molar-refractivity contribution >= 4 is 11.0 Å². The summed E-state index contributed by atoms with van der Waals surface area (Å²) in [6, 6.07) is 19.6. The molecule has 0 radical (unpaired) electrons. The minimum absolute atomic E-state index is 0.445. The molecule has 0 unspecified atom stereocenters. The van der Waals surface area contributed by atoms with Crippen molar-refractivity contribution in [1.82, 2.24) is 20.4 Å². The molecular weight excluding hydrogens is 474 g/mol. The minimum Gasteiger partial charge on any atom is -0.489 e. The molecule has 1 N–H and O–H groups in total. The number of nitriles is 1. The average molecular weight is 512 g/mol. The van der Waals surface area contributed by atoms with Crippen LogP contribution in [0.15, 0.2) is 65.3 Å². The predicted octanol–water partition coefficient (Wildman–Crippen LogP) is 5.66. The van der Waals surface area contributed by atoms with Crippen LogP contribution in [-0.2, 0) is 19.6 Å². The Bertz CT molecular complexity index is 1320. The van der Waals surface area contributed by atoms with E-state index in [2.05, 4.69) is 57.6 Å². The number of rotatable bonds is 8. The van der Waals surface area contributed by atoms with Gasteiger partial charge in [0.1, 0.15) is 12.4 Å². The van der Waals surface area contributed by atoms with Crippen LogP contribution in [0.4, 0.5) is 0 Å². The summed E-state index contributed by atoms with van der Waals surface area (Å²) in [5.74, 6) is 1.47. The summed E-state index contributed by atoms with van der Waals surface area (Å²) in [5.41, 5.74) is 5.82. The molecule has 1 aliphatic rings. The zero-order valence-electron chi connectivity index (χ0n) is 22.6. The molecule has 1 aliphatic heterocycles. The van der Waals surface area contributed by atoms with Gasteiger partial charge in [0.25, 0.3) is 0 Å². The molecule has 198 valence electrons. The maximum absolute atomic E-state index is 8.94. The smallest absolute Gasteiger partial charge is 0.170 e. The standard InChI is InChI=1S/C29H30N4O2.C2H7N/c1-21-24(20-34-26-9-5-23(18-30)6-10-26)8-11-27-28(32-35-29(21)27)12-7-22-13-16-33(17-14-22)19-25-4-2-3-15-31-25;1-3-2/h2-6,8-11,15,22H,7,12-14,16-17,19-20H2,1H3;3H,1-2H3. The van der Waals surface area contributed by atoms with Gasteiger partial charge < -0.3 is 14.6 Å². The van der Waals surface area contributed by atoms with E-state index in [1.807, 2.05) is 38.5 Å². The number of pyridine rings is 1. The van der Waals surface area contributed by atoms with Gasteiger partial charge in [-0.3, -0.25) is 9.88 Å². The van der Waals surface area contributed by atoms with Gasteiger partial charge in [-0.1, -0.05) is 17.3 Å². The van der Waals surface area contributed by atoms with Gasteiger partial charge in [-0.2, -0.15) is 5.26 Å². The molecule has 7 nitrogen and oxygen atoms in total. The van der Waals surface area contributed by atoms with Gasteiger partial charge in [-0.15, -0.1) is 0 Å². The largest absolute Gasteiger partial charge is 0.489 e. The zero-order chi connectivity index (χ0) is 26.7. The highest BCUT2D eigenvalue weighted by Gasteiger charge is 2.21. The first-order valence-electron chi connectivity index (χ1n) is 13.3. The lowest BCUT2D eigenvalue weighted by Gasteiger charge is -2.31. The lowest BCUT2D eigenvalue weighted by atomic mass is 9.91. The van der Waals surface area contributed by atoms with Crippen molar-refractivity contribution in [3.63, 3.8) is 0 Å². The van der Waals surface area contributed by atoms with Gasteiger partial charge in [-0.05, 0) is 114 Å². The number of nitrogens with one attached hydrogen (secondary N) is 1. The van der Waals surface area contributed by atoms with Crippen LogP contribution in [0.3, 0.4) is 0 Å². The fraction of sp³-hybridized carbons (Fsp3) is 0.387. The molecule has 0 amide bonds. The second-order valence-electron chi connectivity index (χ2n) is 9.86. The topological polar surface area (TPSA) is 87.2 Å². The predicted molar refractivity (Wildman–Crippen MR) is 150 cm³/mol. The number of nitrogens with zero attached hydrogens (tertiary/aromatic N) is 4. The van der Waals surface area contributed by atoms with Gasteiger partial charge in [0.15, 0.2) is 5.58 Å². The monoisotopic (exact) mass is 511 g/mol. The van der Waals surface area contributed by atoms with Crippen LogP contribution in [0.25, 0.3) is 11.0 Å². The molecule has 7 heteroatoms. The summed E-state index contributed by atoms with van der Waals surface area (Å²) in [4.78, 5) is 6.97. The van der Waals surface area contributed by atoms with Crippen molar-refractivity contribution in [3.05, 3.63) is 88.9 Å². The van der Waals surface area contributed by atoms with Crippen LogP contribution in [0.2, 0.25) is 0 Å². The lowest BCUT2D eigenvalue weighted by Crippen LogP contribution is -2.33. The Kier molecular flexibility index (Phi) is 9.85. The Morgan fingerprint density at radius 1 is 1.08 bits per heavy atom. The SMILES string of the molecule is CNC.Cc1c(COc2ccc(C#N)cc2)ccc2c(CCC3CCN(Cc4ccccn4)CC3)noc12. The molecule has 0 aliphatic carbocycles. The van der Waals surface area contributed by atoms with E-state index in [4.69, 9.17) is 14.5 Å². The highest BCUT2D eigenvalue weighted by molar-refractivity contribution is 5.83. The molecule has 0 atom stereocenters. The van der Waals surface area contributed by atoms with Gasteiger partial charge in [0, 0.05) is 23.7 Å². The summed E-state index contributed by atoms with van der Waals surface area (Å²) >= 11 is 0. The summed E-state index contributed by atoms with van der Waals surface area (Å²) < 4.78 is 11.7. The Hall–Kier alpha value is -3.73. The molecule has 2 aromatic carbocycles. The summed E-state index contributed by atoms with van der Waals surface area (Å²) in [5, 5.41) is 17.2. The Morgan fingerprint density at radius 3 is 2.53 bits per heavy atom. The van der Waals surface area contributed by atoms with Crippen molar-refractivity contribution in [2.75, 3.05) is 27.2 Å². The number of benzene rings is 2. The third-order valence-corrected chi connectivity index (χ3v) is 7.06. The molecule has 38 heavy (non-hydrogen) atoms. The Labute approximate surface area is 225 Å². The Balaban J connectivity index is 0.00000107. The summed E-state index contributed by atoms with van der Waals surface area (Å²) in [6.07, 6.45) is 6.40. The summed E-state index contributed by atoms with van der Waals surface area (Å²) in [7, 11) is 3.75. The Morgan fingerprint density at radius 2 is 1.84 bits per heavy atom. The third-order valence-electron chi connectivity index (χ3n) is 7.06. The molecule has 5 rings (SSSR count). The first-order chi connectivity index (χ1) is 18.6. The second-order valence-corrected chi connectivity index (χ2v) is 9.86.